The molecule has 0 saturated carbocycles. The molecule has 2 rings (SSSR count). The third-order valence-electron chi connectivity index (χ3n) is 2.41. The van der Waals surface area contributed by atoms with E-state index < -0.39 is 17.4 Å². The van der Waals surface area contributed by atoms with E-state index >= 15 is 0 Å². The van der Waals surface area contributed by atoms with E-state index in [1.165, 1.54) is 23.0 Å². The van der Waals surface area contributed by atoms with Gasteiger partial charge in [-0.15, -0.1) is 5.10 Å². The Morgan fingerprint density at radius 1 is 1.48 bits per heavy atom. The van der Waals surface area contributed by atoms with Crippen molar-refractivity contribution in [1.82, 2.24) is 20.2 Å². The zero-order chi connectivity index (χ0) is 15.2. The molecule has 1 aromatic heterocycles. The van der Waals surface area contributed by atoms with E-state index in [1.54, 1.807) is 6.07 Å². The molecular formula is C11H12N6O4. The molecular weight excluding hydrogens is 280 g/mol. The van der Waals surface area contributed by atoms with E-state index in [4.69, 9.17) is 4.74 Å². The Morgan fingerprint density at radius 2 is 2.24 bits per heavy atom. The molecule has 21 heavy (non-hydrogen) atoms. The Balaban J connectivity index is 1.94. The molecule has 10 nitrogen and oxygen atoms in total. The second-order valence-electron chi connectivity index (χ2n) is 3.86. The average Bonchev–Trinajstić information content (AvgIpc) is 2.93. The summed E-state index contributed by atoms with van der Waals surface area (Å²) in [5.74, 6) is -0.473. The number of hydrogen-bond acceptors (Lipinski definition) is 7. The van der Waals surface area contributed by atoms with Gasteiger partial charge in [0.25, 0.3) is 11.9 Å². The predicted molar refractivity (Wildman–Crippen MR) is 70.7 cm³/mol. The van der Waals surface area contributed by atoms with Crippen LogP contribution in [0, 0.1) is 10.1 Å². The normalized spacial score (nSPS) is 10.1. The molecule has 2 aromatic rings. The van der Waals surface area contributed by atoms with Crippen LogP contribution in [0.25, 0.3) is 0 Å². The fourth-order valence-electron chi connectivity index (χ4n) is 1.46. The number of anilines is 1. The van der Waals surface area contributed by atoms with Crippen molar-refractivity contribution in [3.8, 4) is 5.75 Å². The predicted octanol–water partition coefficient (Wildman–Crippen LogP) is 0.619. The first-order valence-corrected chi connectivity index (χ1v) is 6.04. The minimum Gasteiger partial charge on any atom is -0.477 e. The van der Waals surface area contributed by atoms with Crippen LogP contribution in [-0.4, -0.2) is 37.6 Å². The molecule has 0 unspecified atom stereocenters. The molecule has 0 spiro atoms. The lowest BCUT2D eigenvalue weighted by atomic mass is 10.3. The molecule has 1 heterocycles. The summed E-state index contributed by atoms with van der Waals surface area (Å²) in [6.07, 6.45) is 0. The topological polar surface area (TPSA) is 125 Å². The van der Waals surface area contributed by atoms with Gasteiger partial charge < -0.3 is 4.74 Å². The first-order valence-electron chi connectivity index (χ1n) is 6.04. The lowest BCUT2D eigenvalue weighted by molar-refractivity contribution is -0.385. The lowest BCUT2D eigenvalue weighted by Gasteiger charge is -2.05. The summed E-state index contributed by atoms with van der Waals surface area (Å²) in [6.45, 7) is 1.95. The number of ether oxygens (including phenoxy) is 1. The van der Waals surface area contributed by atoms with Gasteiger partial charge in [0.2, 0.25) is 0 Å². The molecule has 0 radical (unpaired) electrons. The number of benzene rings is 1. The van der Waals surface area contributed by atoms with Crippen LogP contribution in [0.2, 0.25) is 0 Å². The van der Waals surface area contributed by atoms with Crippen molar-refractivity contribution < 1.29 is 14.5 Å². The minimum absolute atomic E-state index is 0.0165. The smallest absolute Gasteiger partial charge is 0.310 e. The number of tetrazole rings is 1. The summed E-state index contributed by atoms with van der Waals surface area (Å²) in [7, 11) is 0. The van der Waals surface area contributed by atoms with E-state index in [1.807, 2.05) is 6.92 Å². The average molecular weight is 292 g/mol. The summed E-state index contributed by atoms with van der Waals surface area (Å²) < 4.78 is 5.13. The highest BCUT2D eigenvalue weighted by molar-refractivity contribution is 5.90. The molecule has 1 N–H and O–H groups in total. The van der Waals surface area contributed by atoms with Gasteiger partial charge in [-0.05, 0) is 18.2 Å². The van der Waals surface area contributed by atoms with Crippen LogP contribution in [0.3, 0.4) is 0 Å². The molecule has 1 aromatic carbocycles. The number of hydrogen-bond donors (Lipinski definition) is 1. The van der Waals surface area contributed by atoms with Crippen LogP contribution < -0.4 is 10.1 Å². The second kappa shape index (κ2) is 6.41. The molecule has 1 amide bonds. The third-order valence-corrected chi connectivity index (χ3v) is 2.41. The number of amides is 1. The minimum atomic E-state index is -0.582. The summed E-state index contributed by atoms with van der Waals surface area (Å²) in [5, 5.41) is 24.3. The lowest BCUT2D eigenvalue weighted by Crippen LogP contribution is -2.21. The van der Waals surface area contributed by atoms with Crippen molar-refractivity contribution in [1.29, 1.82) is 0 Å². The summed E-state index contributed by atoms with van der Waals surface area (Å²) >= 11 is 0. The van der Waals surface area contributed by atoms with Gasteiger partial charge in [-0.1, -0.05) is 17.2 Å². The molecule has 110 valence electrons. The number of rotatable bonds is 6. The number of carbonyl (C=O) groups is 1. The highest BCUT2D eigenvalue weighted by Crippen LogP contribution is 2.25. The Hall–Kier alpha value is -3.04. The molecule has 0 fully saturated rings. The van der Waals surface area contributed by atoms with Crippen molar-refractivity contribution in [2.24, 2.45) is 0 Å². The highest BCUT2D eigenvalue weighted by atomic mass is 16.6. The van der Waals surface area contributed by atoms with Gasteiger partial charge in [0, 0.05) is 6.07 Å². The molecule has 10 heteroatoms. The summed E-state index contributed by atoms with van der Waals surface area (Å²) in [5.41, 5.74) is -0.208. The zero-order valence-corrected chi connectivity index (χ0v) is 11.1. The first kappa shape index (κ1) is 14.4. The number of carbonyl (C=O) groups excluding carboxylic acids is 1. The largest absolute Gasteiger partial charge is 0.477 e. The second-order valence-corrected chi connectivity index (χ2v) is 3.86. The third kappa shape index (κ3) is 3.72. The van der Waals surface area contributed by atoms with Gasteiger partial charge in [0.15, 0.2) is 12.4 Å². The van der Waals surface area contributed by atoms with Gasteiger partial charge in [-0.2, -0.15) is 4.80 Å². The molecule has 0 bridgehead atoms. The molecule has 0 aliphatic heterocycles. The van der Waals surface area contributed by atoms with E-state index in [0.717, 1.165) is 0 Å². The quantitative estimate of drug-likeness (QED) is 0.611. The number of para-hydroxylation sites is 2. The summed E-state index contributed by atoms with van der Waals surface area (Å²) in [4.78, 5) is 23.2. The molecule has 0 aliphatic rings. The highest BCUT2D eigenvalue weighted by Gasteiger charge is 2.15. The van der Waals surface area contributed by atoms with Crippen molar-refractivity contribution in [3.05, 3.63) is 34.4 Å². The van der Waals surface area contributed by atoms with Gasteiger partial charge >= 0.3 is 5.69 Å². The van der Waals surface area contributed by atoms with E-state index in [2.05, 4.69) is 20.7 Å². The number of aromatic nitrogens is 4. The standard InChI is InChI=1S/C11H12N6O4/c1-2-16-14-11(13-15-16)12-10(18)7-21-9-6-4-3-5-8(9)17(19)20/h3-6H,2,7H2,1H3,(H,12,14,18). The Morgan fingerprint density at radius 3 is 2.90 bits per heavy atom. The van der Waals surface area contributed by atoms with Gasteiger partial charge in [-0.25, -0.2) is 0 Å². The van der Waals surface area contributed by atoms with Crippen LogP contribution in [0.15, 0.2) is 24.3 Å². The Labute approximate surface area is 118 Å². The van der Waals surface area contributed by atoms with Crippen LogP contribution in [0.4, 0.5) is 11.6 Å². The van der Waals surface area contributed by atoms with Gasteiger partial charge in [-0.3, -0.25) is 20.2 Å². The Bertz CT molecular complexity index is 656. The van der Waals surface area contributed by atoms with Crippen molar-refractivity contribution in [2.45, 2.75) is 13.5 Å². The van der Waals surface area contributed by atoms with Crippen LogP contribution in [0.1, 0.15) is 6.92 Å². The molecule has 0 atom stereocenters. The number of nitro groups is 1. The number of nitrogens with one attached hydrogen (secondary N) is 1. The maximum atomic E-state index is 11.6. The summed E-state index contributed by atoms with van der Waals surface area (Å²) in [6, 6.07) is 5.80. The SMILES string of the molecule is CCn1nnc(NC(=O)COc2ccccc2[N+](=O)[O-])n1. The van der Waals surface area contributed by atoms with Crippen molar-refractivity contribution in [3.63, 3.8) is 0 Å². The van der Waals surface area contributed by atoms with Gasteiger partial charge in [0.05, 0.1) is 11.5 Å². The fraction of sp³-hybridized carbons (Fsp3) is 0.273. The van der Waals surface area contributed by atoms with Crippen molar-refractivity contribution in [2.75, 3.05) is 11.9 Å². The zero-order valence-electron chi connectivity index (χ0n) is 11.1. The van der Waals surface area contributed by atoms with Crippen LogP contribution >= 0.6 is 0 Å². The van der Waals surface area contributed by atoms with Crippen LogP contribution in [-0.2, 0) is 11.3 Å². The number of aryl methyl sites for hydroxylation is 1. The van der Waals surface area contributed by atoms with E-state index in [-0.39, 0.29) is 17.4 Å². The maximum absolute atomic E-state index is 11.6. The first-order chi connectivity index (χ1) is 10.1. The molecule has 0 saturated heterocycles. The van der Waals surface area contributed by atoms with Crippen LogP contribution in [0.5, 0.6) is 5.75 Å². The maximum Gasteiger partial charge on any atom is 0.310 e. The fourth-order valence-corrected chi connectivity index (χ4v) is 1.46. The Kier molecular flexibility index (Phi) is 4.39. The molecule has 0 aliphatic carbocycles. The van der Waals surface area contributed by atoms with Gasteiger partial charge in [0.1, 0.15) is 0 Å². The number of nitro benzene ring substituents is 1. The van der Waals surface area contributed by atoms with Crippen molar-refractivity contribution >= 4 is 17.5 Å². The van der Waals surface area contributed by atoms with E-state index in [0.29, 0.717) is 6.54 Å². The monoisotopic (exact) mass is 292 g/mol. The number of nitrogens with zero attached hydrogens (tertiary/aromatic N) is 5. The van der Waals surface area contributed by atoms with E-state index in [9.17, 15) is 14.9 Å².